The number of ketones is 1. The van der Waals surface area contributed by atoms with E-state index in [2.05, 4.69) is 0 Å². The summed E-state index contributed by atoms with van der Waals surface area (Å²) in [6.07, 6.45) is 0. The molecule has 15 heavy (non-hydrogen) atoms. The predicted octanol–water partition coefficient (Wildman–Crippen LogP) is -0.120. The summed E-state index contributed by atoms with van der Waals surface area (Å²) in [6.45, 7) is 0.551. The Hall–Kier alpha value is -1.88. The van der Waals surface area contributed by atoms with E-state index in [4.69, 9.17) is 5.73 Å². The van der Waals surface area contributed by atoms with E-state index >= 15 is 0 Å². The number of aromatic hydroxyl groups is 1. The number of phenols is 1. The quantitative estimate of drug-likeness (QED) is 0.661. The third kappa shape index (κ3) is 1.37. The van der Waals surface area contributed by atoms with Crippen LogP contribution >= 0.6 is 0 Å². The van der Waals surface area contributed by atoms with Gasteiger partial charge in [0.05, 0.1) is 11.3 Å². The minimum atomic E-state index is -0.582. The van der Waals surface area contributed by atoms with Crippen LogP contribution < -0.4 is 10.6 Å². The van der Waals surface area contributed by atoms with Crippen LogP contribution in [0.2, 0.25) is 0 Å². The number of carbonyl (C=O) groups excluding carboxylic acids is 2. The van der Waals surface area contributed by atoms with Crippen molar-refractivity contribution < 1.29 is 14.7 Å². The first-order valence-corrected chi connectivity index (χ1v) is 4.54. The number of rotatable bonds is 2. The van der Waals surface area contributed by atoms with Gasteiger partial charge in [0, 0.05) is 19.2 Å². The second kappa shape index (κ2) is 3.36. The minimum absolute atomic E-state index is 0.0262. The fraction of sp³-hybridized carbons (Fsp3) is 0.200. The van der Waals surface area contributed by atoms with E-state index in [0.29, 0.717) is 11.3 Å². The van der Waals surface area contributed by atoms with E-state index < -0.39 is 11.7 Å². The number of fused-ring (bicyclic) bond motifs is 1. The van der Waals surface area contributed by atoms with Gasteiger partial charge in [-0.05, 0) is 12.1 Å². The van der Waals surface area contributed by atoms with E-state index in [-0.39, 0.29) is 18.8 Å². The zero-order valence-corrected chi connectivity index (χ0v) is 7.93. The monoisotopic (exact) mass is 206 g/mol. The lowest BCUT2D eigenvalue weighted by Gasteiger charge is -2.14. The molecule has 2 rings (SSSR count). The summed E-state index contributed by atoms with van der Waals surface area (Å²) in [5, 5.41) is 9.27. The van der Waals surface area contributed by atoms with Crippen LogP contribution in [-0.4, -0.2) is 29.9 Å². The summed E-state index contributed by atoms with van der Waals surface area (Å²) < 4.78 is 0. The molecule has 78 valence electrons. The lowest BCUT2D eigenvalue weighted by Crippen LogP contribution is -2.34. The Labute approximate surface area is 86.1 Å². The van der Waals surface area contributed by atoms with E-state index in [0.717, 1.165) is 0 Å². The second-order valence-corrected chi connectivity index (χ2v) is 3.28. The average Bonchev–Trinajstić information content (AvgIpc) is 2.44. The topological polar surface area (TPSA) is 83.6 Å². The second-order valence-electron chi connectivity index (χ2n) is 3.28. The molecule has 1 aromatic carbocycles. The normalized spacial score (nSPS) is 14.6. The Morgan fingerprint density at radius 3 is 2.73 bits per heavy atom. The van der Waals surface area contributed by atoms with Crippen molar-refractivity contribution in [2.75, 3.05) is 18.0 Å². The maximum atomic E-state index is 11.5. The van der Waals surface area contributed by atoms with Crippen LogP contribution in [0.1, 0.15) is 10.4 Å². The van der Waals surface area contributed by atoms with Gasteiger partial charge in [0.15, 0.2) is 0 Å². The third-order valence-corrected chi connectivity index (χ3v) is 2.31. The molecule has 5 nitrogen and oxygen atoms in total. The van der Waals surface area contributed by atoms with Crippen molar-refractivity contribution >= 4 is 17.4 Å². The molecule has 0 bridgehead atoms. The number of nitrogens with zero attached hydrogens (tertiary/aromatic N) is 1. The van der Waals surface area contributed by atoms with Gasteiger partial charge in [-0.1, -0.05) is 0 Å². The average molecular weight is 206 g/mol. The molecule has 0 saturated carbocycles. The first-order chi connectivity index (χ1) is 7.15. The van der Waals surface area contributed by atoms with E-state index in [1.165, 1.54) is 23.1 Å². The highest BCUT2D eigenvalue weighted by Gasteiger charge is 2.35. The molecule has 0 saturated heterocycles. The summed E-state index contributed by atoms with van der Waals surface area (Å²) in [5.74, 6) is -1.10. The number of phenolic OH excluding ortho intramolecular Hbond substituents is 1. The molecule has 1 heterocycles. The van der Waals surface area contributed by atoms with Crippen LogP contribution in [0.5, 0.6) is 5.75 Å². The predicted molar refractivity (Wildman–Crippen MR) is 53.8 cm³/mol. The van der Waals surface area contributed by atoms with E-state index in [1.807, 2.05) is 0 Å². The number of nitrogens with two attached hydrogens (primary N) is 1. The molecule has 0 aromatic heterocycles. The molecule has 1 aliphatic heterocycles. The fourth-order valence-electron chi connectivity index (χ4n) is 1.63. The van der Waals surface area contributed by atoms with Gasteiger partial charge in [0.2, 0.25) is 0 Å². The smallest absolute Gasteiger partial charge is 0.299 e. The maximum absolute atomic E-state index is 11.5. The van der Waals surface area contributed by atoms with Gasteiger partial charge in [-0.2, -0.15) is 0 Å². The number of carbonyl (C=O) groups is 2. The van der Waals surface area contributed by atoms with Gasteiger partial charge in [-0.15, -0.1) is 0 Å². The largest absolute Gasteiger partial charge is 0.508 e. The van der Waals surface area contributed by atoms with Gasteiger partial charge in [0.1, 0.15) is 5.75 Å². The SMILES string of the molecule is NCCN1C(=O)C(=O)c2ccc(O)cc21. The highest BCUT2D eigenvalue weighted by atomic mass is 16.3. The van der Waals surface area contributed by atoms with E-state index in [9.17, 15) is 14.7 Å². The van der Waals surface area contributed by atoms with Crippen LogP contribution in [0, 0.1) is 0 Å². The van der Waals surface area contributed by atoms with Crippen molar-refractivity contribution in [2.24, 2.45) is 5.73 Å². The molecule has 0 aliphatic carbocycles. The zero-order valence-electron chi connectivity index (χ0n) is 7.93. The number of anilines is 1. The Balaban J connectivity index is 2.51. The number of amides is 1. The van der Waals surface area contributed by atoms with Crippen LogP contribution in [-0.2, 0) is 4.79 Å². The van der Waals surface area contributed by atoms with Crippen LogP contribution in [0.4, 0.5) is 5.69 Å². The molecule has 1 amide bonds. The molecule has 0 fully saturated rings. The van der Waals surface area contributed by atoms with Crippen molar-refractivity contribution in [1.82, 2.24) is 0 Å². The molecule has 0 unspecified atom stereocenters. The van der Waals surface area contributed by atoms with E-state index in [1.54, 1.807) is 0 Å². The molecular formula is C10H10N2O3. The number of benzene rings is 1. The Bertz CT molecular complexity index is 442. The lowest BCUT2D eigenvalue weighted by atomic mass is 10.1. The van der Waals surface area contributed by atoms with Crippen molar-refractivity contribution in [3.8, 4) is 5.75 Å². The molecular weight excluding hydrogens is 196 g/mol. The lowest BCUT2D eigenvalue weighted by molar-refractivity contribution is -0.114. The van der Waals surface area contributed by atoms with Gasteiger partial charge >= 0.3 is 0 Å². The summed E-state index contributed by atoms with van der Waals surface area (Å²) in [4.78, 5) is 24.3. The van der Waals surface area contributed by atoms with Gasteiger partial charge in [-0.25, -0.2) is 0 Å². The number of hydrogen-bond acceptors (Lipinski definition) is 4. The van der Waals surface area contributed by atoms with Gasteiger partial charge in [-0.3, -0.25) is 9.59 Å². The zero-order chi connectivity index (χ0) is 11.0. The summed E-state index contributed by atoms with van der Waals surface area (Å²) >= 11 is 0. The molecule has 0 spiro atoms. The Morgan fingerprint density at radius 2 is 2.07 bits per heavy atom. The Morgan fingerprint density at radius 1 is 1.33 bits per heavy atom. The molecule has 0 radical (unpaired) electrons. The van der Waals surface area contributed by atoms with Crippen molar-refractivity contribution in [3.05, 3.63) is 23.8 Å². The minimum Gasteiger partial charge on any atom is -0.508 e. The standard InChI is InChI=1S/C10H10N2O3/c11-3-4-12-8-5-6(13)1-2-7(8)9(14)10(12)15/h1-2,5,13H,3-4,11H2. The van der Waals surface area contributed by atoms with Crippen LogP contribution in [0.15, 0.2) is 18.2 Å². The van der Waals surface area contributed by atoms with Crippen molar-refractivity contribution in [3.63, 3.8) is 0 Å². The summed E-state index contributed by atoms with van der Waals surface area (Å²) in [7, 11) is 0. The molecule has 5 heteroatoms. The third-order valence-electron chi connectivity index (χ3n) is 2.31. The van der Waals surface area contributed by atoms with Crippen LogP contribution in [0.3, 0.4) is 0 Å². The first-order valence-electron chi connectivity index (χ1n) is 4.54. The number of Topliss-reactive ketones (excluding diaryl/α,β-unsaturated/α-hetero) is 1. The van der Waals surface area contributed by atoms with Crippen molar-refractivity contribution in [2.45, 2.75) is 0 Å². The molecule has 3 N–H and O–H groups in total. The van der Waals surface area contributed by atoms with Gasteiger partial charge < -0.3 is 15.7 Å². The fourth-order valence-corrected chi connectivity index (χ4v) is 1.63. The summed E-state index contributed by atoms with van der Waals surface area (Å²) in [6, 6.07) is 4.23. The Kier molecular flexibility index (Phi) is 2.17. The summed E-state index contributed by atoms with van der Waals surface area (Å²) in [5.41, 5.74) is 6.11. The highest BCUT2D eigenvalue weighted by Crippen LogP contribution is 2.31. The van der Waals surface area contributed by atoms with Crippen molar-refractivity contribution in [1.29, 1.82) is 0 Å². The van der Waals surface area contributed by atoms with Gasteiger partial charge in [0.25, 0.3) is 11.7 Å². The van der Waals surface area contributed by atoms with Crippen LogP contribution in [0.25, 0.3) is 0 Å². The highest BCUT2D eigenvalue weighted by molar-refractivity contribution is 6.52. The molecule has 1 aliphatic rings. The molecule has 0 atom stereocenters. The number of hydrogen-bond donors (Lipinski definition) is 2. The maximum Gasteiger partial charge on any atom is 0.299 e. The molecule has 1 aromatic rings. The first kappa shape index (κ1) is 9.67.